The average molecular weight is 429 g/mol. The van der Waals surface area contributed by atoms with Gasteiger partial charge in [0.15, 0.2) is 11.5 Å². The lowest BCUT2D eigenvalue weighted by atomic mass is 9.95. The first-order valence-electron chi connectivity index (χ1n) is 9.94. The number of nitrogens with zero attached hydrogens (tertiary/aromatic N) is 1. The number of hydrogen-bond donors (Lipinski definition) is 1. The molecule has 3 aromatic carbocycles. The minimum absolute atomic E-state index is 0.108. The van der Waals surface area contributed by atoms with E-state index in [-0.39, 0.29) is 11.1 Å². The Labute approximate surface area is 184 Å². The minimum atomic E-state index is -1.12. The van der Waals surface area contributed by atoms with Crippen LogP contribution in [0.1, 0.15) is 17.2 Å². The molecular formula is C26H20FNO4. The molecule has 0 spiro atoms. The van der Waals surface area contributed by atoms with E-state index >= 15 is 0 Å². The molecule has 6 heteroatoms. The van der Waals surface area contributed by atoms with Crippen LogP contribution >= 0.6 is 0 Å². The molecule has 3 aromatic rings. The highest BCUT2D eigenvalue weighted by atomic mass is 19.1. The van der Waals surface area contributed by atoms with E-state index in [1.54, 1.807) is 36.4 Å². The van der Waals surface area contributed by atoms with Crippen molar-refractivity contribution in [1.29, 1.82) is 0 Å². The van der Waals surface area contributed by atoms with Crippen LogP contribution in [0, 0.1) is 5.82 Å². The van der Waals surface area contributed by atoms with Crippen molar-refractivity contribution >= 4 is 23.5 Å². The van der Waals surface area contributed by atoms with Gasteiger partial charge in [0, 0.05) is 11.3 Å². The summed E-state index contributed by atoms with van der Waals surface area (Å²) < 4.78 is 20.0. The van der Waals surface area contributed by atoms with E-state index in [1.165, 1.54) is 36.3 Å². The van der Waals surface area contributed by atoms with Crippen molar-refractivity contribution < 1.29 is 23.8 Å². The molecule has 0 aromatic heterocycles. The Morgan fingerprint density at radius 2 is 1.66 bits per heavy atom. The van der Waals surface area contributed by atoms with E-state index in [2.05, 4.69) is 0 Å². The molecular weight excluding hydrogens is 409 g/mol. The normalized spacial score (nSPS) is 16.1. The van der Waals surface area contributed by atoms with Gasteiger partial charge in [-0.05, 0) is 42.0 Å². The van der Waals surface area contributed by atoms with Crippen LogP contribution in [0.3, 0.4) is 0 Å². The van der Waals surface area contributed by atoms with Gasteiger partial charge in [0.2, 0.25) is 0 Å². The van der Waals surface area contributed by atoms with Gasteiger partial charge in [0.05, 0.1) is 18.7 Å². The summed E-state index contributed by atoms with van der Waals surface area (Å²) in [4.78, 5) is 27.4. The quantitative estimate of drug-likeness (QED) is 0.559. The van der Waals surface area contributed by atoms with Crippen molar-refractivity contribution in [1.82, 2.24) is 0 Å². The number of amides is 1. The van der Waals surface area contributed by atoms with Gasteiger partial charge < -0.3 is 9.84 Å². The maximum Gasteiger partial charge on any atom is 0.294 e. The van der Waals surface area contributed by atoms with Crippen molar-refractivity contribution in [2.75, 3.05) is 12.0 Å². The van der Waals surface area contributed by atoms with Crippen LogP contribution in [0.5, 0.6) is 5.75 Å². The summed E-state index contributed by atoms with van der Waals surface area (Å²) in [5, 5.41) is 10.7. The topological polar surface area (TPSA) is 66.8 Å². The lowest BCUT2D eigenvalue weighted by Crippen LogP contribution is -2.31. The fourth-order valence-electron chi connectivity index (χ4n) is 3.68. The van der Waals surface area contributed by atoms with Crippen LogP contribution < -0.4 is 9.64 Å². The maximum absolute atomic E-state index is 14.8. The van der Waals surface area contributed by atoms with Gasteiger partial charge in [-0.1, -0.05) is 54.6 Å². The van der Waals surface area contributed by atoms with Crippen LogP contribution in [0.4, 0.5) is 10.1 Å². The van der Waals surface area contributed by atoms with E-state index in [0.717, 1.165) is 5.56 Å². The Kier molecular flexibility index (Phi) is 5.85. The lowest BCUT2D eigenvalue weighted by Gasteiger charge is -2.27. The predicted octanol–water partition coefficient (Wildman–Crippen LogP) is 5.02. The summed E-state index contributed by atoms with van der Waals surface area (Å²) in [7, 11) is 1.52. The molecule has 1 atom stereocenters. The van der Waals surface area contributed by atoms with Crippen molar-refractivity contribution in [3.63, 3.8) is 0 Å². The highest BCUT2D eigenvalue weighted by Gasteiger charge is 2.44. The zero-order chi connectivity index (χ0) is 22.7. The van der Waals surface area contributed by atoms with Crippen molar-refractivity contribution in [2.45, 2.75) is 6.04 Å². The Hall–Kier alpha value is -4.19. The number of aliphatic hydroxyl groups is 1. The molecule has 1 unspecified atom stereocenters. The molecule has 160 valence electrons. The molecule has 5 nitrogen and oxygen atoms in total. The highest BCUT2D eigenvalue weighted by molar-refractivity contribution is 6.19. The second-order valence-corrected chi connectivity index (χ2v) is 7.17. The summed E-state index contributed by atoms with van der Waals surface area (Å²) in [6.07, 6.45) is 2.86. The summed E-state index contributed by atoms with van der Waals surface area (Å²) in [6.45, 7) is 0. The van der Waals surface area contributed by atoms with Gasteiger partial charge in [0.1, 0.15) is 11.6 Å². The highest BCUT2D eigenvalue weighted by Crippen LogP contribution is 2.42. The minimum Gasteiger partial charge on any atom is -0.503 e. The standard InChI is InChI=1S/C26H20FNO4/c1-32-19-14-12-18(13-15-19)28-24(20-9-5-6-10-21(20)27)23(25(30)26(28)31)22(29)16-11-17-7-3-2-4-8-17/h2-16,24,30H,1H3. The number of ether oxygens (including phenoxy) is 1. The summed E-state index contributed by atoms with van der Waals surface area (Å²) in [5.41, 5.74) is 1.10. The number of benzene rings is 3. The molecule has 0 saturated heterocycles. The second kappa shape index (κ2) is 8.89. The van der Waals surface area contributed by atoms with Crippen LogP contribution in [-0.2, 0) is 9.59 Å². The number of rotatable bonds is 6. The number of hydrogen-bond acceptors (Lipinski definition) is 4. The summed E-state index contributed by atoms with van der Waals surface area (Å²) in [5.74, 6) is -2.07. The van der Waals surface area contributed by atoms with E-state index < -0.39 is 29.3 Å². The molecule has 0 saturated carbocycles. The molecule has 1 heterocycles. The van der Waals surface area contributed by atoms with Gasteiger partial charge in [-0.2, -0.15) is 0 Å². The lowest BCUT2D eigenvalue weighted by molar-refractivity contribution is -0.117. The Morgan fingerprint density at radius 3 is 2.31 bits per heavy atom. The van der Waals surface area contributed by atoms with E-state index in [1.807, 2.05) is 30.3 Å². The first kappa shape index (κ1) is 21.1. The zero-order valence-corrected chi connectivity index (χ0v) is 17.2. The van der Waals surface area contributed by atoms with Crippen LogP contribution in [0.15, 0.2) is 96.3 Å². The number of allylic oxidation sites excluding steroid dienone is 1. The van der Waals surface area contributed by atoms with Gasteiger partial charge in [-0.25, -0.2) is 4.39 Å². The Morgan fingerprint density at radius 1 is 1.00 bits per heavy atom. The number of ketones is 1. The molecule has 32 heavy (non-hydrogen) atoms. The number of aliphatic hydroxyl groups excluding tert-OH is 1. The zero-order valence-electron chi connectivity index (χ0n) is 17.2. The van der Waals surface area contributed by atoms with Crippen LogP contribution in [0.2, 0.25) is 0 Å². The van der Waals surface area contributed by atoms with E-state index in [0.29, 0.717) is 11.4 Å². The summed E-state index contributed by atoms with van der Waals surface area (Å²) >= 11 is 0. The van der Waals surface area contributed by atoms with E-state index in [9.17, 15) is 19.1 Å². The molecule has 1 aliphatic rings. The van der Waals surface area contributed by atoms with Crippen molar-refractivity contribution in [3.8, 4) is 5.75 Å². The maximum atomic E-state index is 14.8. The third-order valence-corrected chi connectivity index (χ3v) is 5.25. The molecule has 1 amide bonds. The van der Waals surface area contributed by atoms with Crippen molar-refractivity contribution in [2.24, 2.45) is 0 Å². The molecule has 1 aliphatic heterocycles. The molecule has 0 fully saturated rings. The van der Waals surface area contributed by atoms with Gasteiger partial charge in [-0.3, -0.25) is 14.5 Å². The number of halogens is 1. The third kappa shape index (κ3) is 3.90. The first-order valence-corrected chi connectivity index (χ1v) is 9.94. The molecule has 0 radical (unpaired) electrons. The van der Waals surface area contributed by atoms with Gasteiger partial charge in [0.25, 0.3) is 5.91 Å². The Balaban J connectivity index is 1.79. The fourth-order valence-corrected chi connectivity index (χ4v) is 3.68. The fraction of sp³-hybridized carbons (Fsp3) is 0.0769. The monoisotopic (exact) mass is 429 g/mol. The van der Waals surface area contributed by atoms with Crippen molar-refractivity contribution in [3.05, 3.63) is 113 Å². The molecule has 4 rings (SSSR count). The number of methoxy groups -OCH3 is 1. The number of carbonyl (C=O) groups excluding carboxylic acids is 2. The molecule has 1 N–H and O–H groups in total. The third-order valence-electron chi connectivity index (χ3n) is 5.25. The smallest absolute Gasteiger partial charge is 0.294 e. The van der Waals surface area contributed by atoms with E-state index in [4.69, 9.17) is 4.74 Å². The predicted molar refractivity (Wildman–Crippen MR) is 120 cm³/mol. The van der Waals surface area contributed by atoms with Crippen LogP contribution in [-0.4, -0.2) is 23.9 Å². The van der Waals surface area contributed by atoms with Crippen LogP contribution in [0.25, 0.3) is 6.08 Å². The molecule has 0 aliphatic carbocycles. The Bertz CT molecular complexity index is 1220. The average Bonchev–Trinajstić information content (AvgIpc) is 3.09. The first-order chi connectivity index (χ1) is 15.5. The largest absolute Gasteiger partial charge is 0.503 e. The number of carbonyl (C=O) groups is 2. The number of anilines is 1. The summed E-state index contributed by atoms with van der Waals surface area (Å²) in [6, 6.07) is 20.4. The van der Waals surface area contributed by atoms with Gasteiger partial charge in [-0.15, -0.1) is 0 Å². The SMILES string of the molecule is COc1ccc(N2C(=O)C(O)=C(C(=O)C=Cc3ccccc3)C2c2ccccc2F)cc1. The second-order valence-electron chi connectivity index (χ2n) is 7.17. The molecule has 0 bridgehead atoms. The van der Waals surface area contributed by atoms with Gasteiger partial charge >= 0.3 is 0 Å².